The average molecular weight is 543 g/mol. The Bertz CT molecular complexity index is 1450. The number of benzene rings is 2. The molecule has 0 bridgehead atoms. The molecule has 1 N–H and O–H groups in total. The zero-order valence-corrected chi connectivity index (χ0v) is 23.2. The average Bonchev–Trinajstić information content (AvgIpc) is 3.44. The lowest BCUT2D eigenvalue weighted by Crippen LogP contribution is -2.29. The number of fused-ring (bicyclic) bond motifs is 1. The standard InChI is InChI=1S/C32H34N2O6/c1-19(2)11-14-39-26-8-5-22(17-27(26)38-4)29-28(30(35)23-6-7-25-24(16-23)15-20(3)40-25)31(36)32(37)34(29)18-21-9-12-33-13-10-21/h5-10,12-13,16-17,19-20,29,35H,11,14-15,18H2,1-4H3/t20-,29-/m1/s1. The lowest BCUT2D eigenvalue weighted by atomic mass is 9.94. The van der Waals surface area contributed by atoms with Gasteiger partial charge in [0.25, 0.3) is 11.7 Å². The van der Waals surface area contributed by atoms with E-state index in [1.54, 1.807) is 55.9 Å². The molecule has 2 atom stereocenters. The molecule has 0 spiro atoms. The molecule has 5 rings (SSSR count). The Morgan fingerprint density at radius 3 is 2.60 bits per heavy atom. The summed E-state index contributed by atoms with van der Waals surface area (Å²) in [7, 11) is 1.55. The molecule has 0 unspecified atom stereocenters. The minimum absolute atomic E-state index is 0.0292. The van der Waals surface area contributed by atoms with Crippen LogP contribution in [-0.4, -0.2) is 46.5 Å². The van der Waals surface area contributed by atoms with E-state index in [-0.39, 0.29) is 24.0 Å². The third-order valence-electron chi connectivity index (χ3n) is 7.27. The minimum Gasteiger partial charge on any atom is -0.507 e. The van der Waals surface area contributed by atoms with Crippen LogP contribution in [0, 0.1) is 5.92 Å². The molecule has 1 saturated heterocycles. The summed E-state index contributed by atoms with van der Waals surface area (Å²) in [5.41, 5.74) is 2.88. The smallest absolute Gasteiger partial charge is 0.295 e. The maximum Gasteiger partial charge on any atom is 0.295 e. The van der Waals surface area contributed by atoms with E-state index >= 15 is 0 Å². The third-order valence-corrected chi connectivity index (χ3v) is 7.27. The number of aliphatic hydroxyl groups is 1. The van der Waals surface area contributed by atoms with Gasteiger partial charge in [-0.3, -0.25) is 14.6 Å². The fourth-order valence-electron chi connectivity index (χ4n) is 5.18. The van der Waals surface area contributed by atoms with Crippen LogP contribution in [0.4, 0.5) is 0 Å². The van der Waals surface area contributed by atoms with Crippen molar-refractivity contribution in [1.82, 2.24) is 9.88 Å². The second kappa shape index (κ2) is 11.4. The maximum absolute atomic E-state index is 13.5. The molecular formula is C32H34N2O6. The number of ketones is 1. The number of hydrogen-bond acceptors (Lipinski definition) is 7. The van der Waals surface area contributed by atoms with E-state index < -0.39 is 17.7 Å². The van der Waals surface area contributed by atoms with Crippen molar-refractivity contribution in [3.63, 3.8) is 0 Å². The summed E-state index contributed by atoms with van der Waals surface area (Å²) in [5.74, 6) is 0.670. The van der Waals surface area contributed by atoms with E-state index in [4.69, 9.17) is 14.2 Å². The summed E-state index contributed by atoms with van der Waals surface area (Å²) < 4.78 is 17.4. The summed E-state index contributed by atoms with van der Waals surface area (Å²) in [5, 5.41) is 11.5. The summed E-state index contributed by atoms with van der Waals surface area (Å²) >= 11 is 0. The molecule has 8 nitrogen and oxygen atoms in total. The SMILES string of the molecule is COc1cc([C@@H]2C(=C(O)c3ccc4c(c3)C[C@@H](C)O4)C(=O)C(=O)N2Cc2ccncc2)ccc1OCCC(C)C. The Morgan fingerprint density at radius 1 is 1.10 bits per heavy atom. The highest BCUT2D eigenvalue weighted by atomic mass is 16.5. The quantitative estimate of drug-likeness (QED) is 0.218. The predicted molar refractivity (Wildman–Crippen MR) is 150 cm³/mol. The monoisotopic (exact) mass is 542 g/mol. The van der Waals surface area contributed by atoms with E-state index in [1.807, 2.05) is 19.1 Å². The van der Waals surface area contributed by atoms with Crippen molar-refractivity contribution >= 4 is 17.4 Å². The first-order chi connectivity index (χ1) is 19.3. The number of carbonyl (C=O) groups is 2. The highest BCUT2D eigenvalue weighted by Crippen LogP contribution is 2.43. The molecule has 1 fully saturated rings. The van der Waals surface area contributed by atoms with Gasteiger partial charge in [-0.2, -0.15) is 0 Å². The number of rotatable bonds is 9. The lowest BCUT2D eigenvalue weighted by molar-refractivity contribution is -0.140. The highest BCUT2D eigenvalue weighted by Gasteiger charge is 2.46. The van der Waals surface area contributed by atoms with Gasteiger partial charge in [-0.05, 0) is 78.4 Å². The van der Waals surface area contributed by atoms with Crippen molar-refractivity contribution in [2.75, 3.05) is 13.7 Å². The van der Waals surface area contributed by atoms with Gasteiger partial charge in [0.2, 0.25) is 0 Å². The van der Waals surface area contributed by atoms with Gasteiger partial charge in [-0.1, -0.05) is 19.9 Å². The highest BCUT2D eigenvalue weighted by molar-refractivity contribution is 6.46. The van der Waals surface area contributed by atoms with Gasteiger partial charge >= 0.3 is 0 Å². The van der Waals surface area contributed by atoms with Gasteiger partial charge in [0, 0.05) is 30.9 Å². The van der Waals surface area contributed by atoms with Gasteiger partial charge in [-0.15, -0.1) is 0 Å². The fourth-order valence-corrected chi connectivity index (χ4v) is 5.18. The predicted octanol–water partition coefficient (Wildman–Crippen LogP) is 5.46. The second-order valence-corrected chi connectivity index (χ2v) is 10.7. The number of aliphatic hydroxyl groups excluding tert-OH is 1. The normalized spacial score (nSPS) is 19.6. The molecule has 2 aromatic carbocycles. The van der Waals surface area contributed by atoms with Gasteiger partial charge in [-0.25, -0.2) is 0 Å². The summed E-state index contributed by atoms with van der Waals surface area (Å²) in [4.78, 5) is 32.5. The van der Waals surface area contributed by atoms with Crippen molar-refractivity contribution in [2.45, 2.75) is 52.3 Å². The molecule has 3 heterocycles. The van der Waals surface area contributed by atoms with Gasteiger partial charge in [0.15, 0.2) is 11.5 Å². The molecule has 0 aliphatic carbocycles. The number of ether oxygens (including phenoxy) is 3. The van der Waals surface area contributed by atoms with Gasteiger partial charge in [0.05, 0.1) is 25.3 Å². The van der Waals surface area contributed by atoms with Crippen molar-refractivity contribution < 1.29 is 28.9 Å². The van der Waals surface area contributed by atoms with Crippen molar-refractivity contribution in [3.05, 3.63) is 88.8 Å². The lowest BCUT2D eigenvalue weighted by Gasteiger charge is -2.26. The Kier molecular flexibility index (Phi) is 7.78. The zero-order chi connectivity index (χ0) is 28.4. The molecule has 8 heteroatoms. The van der Waals surface area contributed by atoms with E-state index in [0.29, 0.717) is 41.6 Å². The van der Waals surface area contributed by atoms with Crippen LogP contribution in [0.5, 0.6) is 17.2 Å². The number of methoxy groups -OCH3 is 1. The Hall–Kier alpha value is -4.33. The number of pyridine rings is 1. The number of likely N-dealkylation sites (tertiary alicyclic amines) is 1. The number of hydrogen-bond donors (Lipinski definition) is 1. The number of aromatic nitrogens is 1. The fraction of sp³-hybridized carbons (Fsp3) is 0.344. The van der Waals surface area contributed by atoms with E-state index in [2.05, 4.69) is 18.8 Å². The maximum atomic E-state index is 13.5. The van der Waals surface area contributed by atoms with Crippen LogP contribution in [-0.2, 0) is 22.6 Å². The number of amides is 1. The Labute approximate surface area is 234 Å². The van der Waals surface area contributed by atoms with E-state index in [1.165, 1.54) is 4.90 Å². The van der Waals surface area contributed by atoms with Crippen LogP contribution in [0.3, 0.4) is 0 Å². The molecule has 0 radical (unpaired) electrons. The Balaban J connectivity index is 1.59. The summed E-state index contributed by atoms with van der Waals surface area (Å²) in [6.45, 7) is 6.94. The van der Waals surface area contributed by atoms with Crippen LogP contribution in [0.15, 0.2) is 66.5 Å². The third kappa shape index (κ3) is 5.39. The van der Waals surface area contributed by atoms with Crippen molar-refractivity contribution in [3.8, 4) is 17.2 Å². The van der Waals surface area contributed by atoms with Crippen LogP contribution < -0.4 is 14.2 Å². The van der Waals surface area contributed by atoms with Crippen LogP contribution in [0.1, 0.15) is 55.5 Å². The molecular weight excluding hydrogens is 508 g/mol. The minimum atomic E-state index is -0.838. The second-order valence-electron chi connectivity index (χ2n) is 10.7. The van der Waals surface area contributed by atoms with Gasteiger partial charge < -0.3 is 24.2 Å². The number of nitrogens with zero attached hydrogens (tertiary/aromatic N) is 2. The molecule has 2 aliphatic heterocycles. The zero-order valence-electron chi connectivity index (χ0n) is 23.2. The van der Waals surface area contributed by atoms with Crippen LogP contribution in [0.2, 0.25) is 0 Å². The molecule has 0 saturated carbocycles. The van der Waals surface area contributed by atoms with E-state index in [9.17, 15) is 14.7 Å². The van der Waals surface area contributed by atoms with E-state index in [0.717, 1.165) is 23.3 Å². The summed E-state index contributed by atoms with van der Waals surface area (Å²) in [6.07, 6.45) is 4.90. The molecule has 1 aromatic heterocycles. The van der Waals surface area contributed by atoms with Crippen molar-refractivity contribution in [2.24, 2.45) is 5.92 Å². The number of Topliss-reactive ketones (excluding diaryl/α,β-unsaturated/α-hetero) is 1. The van der Waals surface area contributed by atoms with Crippen molar-refractivity contribution in [1.29, 1.82) is 0 Å². The topological polar surface area (TPSA) is 98.2 Å². The molecule has 1 amide bonds. The van der Waals surface area contributed by atoms with Crippen LogP contribution >= 0.6 is 0 Å². The first kappa shape index (κ1) is 27.2. The summed E-state index contributed by atoms with van der Waals surface area (Å²) in [6, 6.07) is 13.5. The molecule has 208 valence electrons. The Morgan fingerprint density at radius 2 is 1.88 bits per heavy atom. The number of carbonyl (C=O) groups excluding carboxylic acids is 2. The molecule has 3 aromatic rings. The van der Waals surface area contributed by atoms with Gasteiger partial charge in [0.1, 0.15) is 17.6 Å². The largest absolute Gasteiger partial charge is 0.507 e. The van der Waals surface area contributed by atoms with Crippen LogP contribution in [0.25, 0.3) is 5.76 Å². The molecule has 40 heavy (non-hydrogen) atoms. The first-order valence-corrected chi connectivity index (χ1v) is 13.5. The first-order valence-electron chi connectivity index (χ1n) is 13.5. The molecule has 2 aliphatic rings.